The fourth-order valence-corrected chi connectivity index (χ4v) is 5.43. The summed E-state index contributed by atoms with van der Waals surface area (Å²) in [6.45, 7) is 4.53. The summed E-state index contributed by atoms with van der Waals surface area (Å²) in [5, 5.41) is 17.1. The van der Waals surface area contributed by atoms with Crippen LogP contribution in [0.2, 0.25) is 0 Å². The second-order valence-corrected chi connectivity index (χ2v) is 10.3. The molecule has 188 valence electrons. The van der Waals surface area contributed by atoms with Crippen molar-refractivity contribution in [1.82, 2.24) is 15.1 Å². The number of piperidine rings is 1. The van der Waals surface area contributed by atoms with Gasteiger partial charge in [-0.1, -0.05) is 18.2 Å². The van der Waals surface area contributed by atoms with Crippen molar-refractivity contribution in [1.29, 1.82) is 0 Å². The molecule has 4 aliphatic rings. The Balaban J connectivity index is 1.46. The molecule has 3 atom stereocenters. The summed E-state index contributed by atoms with van der Waals surface area (Å²) >= 11 is 0. The van der Waals surface area contributed by atoms with Gasteiger partial charge in [0.05, 0.1) is 0 Å². The van der Waals surface area contributed by atoms with Crippen LogP contribution in [0.25, 0.3) is 0 Å². The number of rotatable bonds is 5. The number of fused-ring (bicyclic) bond motifs is 1. The van der Waals surface area contributed by atoms with Gasteiger partial charge < -0.3 is 25.5 Å². The van der Waals surface area contributed by atoms with Crippen molar-refractivity contribution >= 4 is 11.5 Å². The molecule has 0 radical (unpaired) electrons. The van der Waals surface area contributed by atoms with Crippen LogP contribution in [-0.2, 0) is 0 Å². The van der Waals surface area contributed by atoms with E-state index < -0.39 is 24.1 Å². The van der Waals surface area contributed by atoms with E-state index in [4.69, 9.17) is 0 Å². The van der Waals surface area contributed by atoms with E-state index in [2.05, 4.69) is 15.5 Å². The van der Waals surface area contributed by atoms with Crippen molar-refractivity contribution in [2.75, 3.05) is 18.4 Å². The Bertz CT molecular complexity index is 1090. The lowest BCUT2D eigenvalue weighted by Gasteiger charge is -2.50. The Morgan fingerprint density at radius 3 is 2.51 bits per heavy atom. The number of likely N-dealkylation sites (tertiary alicyclic amines) is 1. The van der Waals surface area contributed by atoms with Crippen LogP contribution in [0.15, 0.2) is 60.1 Å². The van der Waals surface area contributed by atoms with E-state index in [1.165, 1.54) is 49.0 Å². The number of carbonyl (C=O) groups excluding carboxylic acids is 1. The van der Waals surface area contributed by atoms with Gasteiger partial charge in [0.25, 0.3) is 0 Å². The van der Waals surface area contributed by atoms with Crippen molar-refractivity contribution < 1.29 is 23.1 Å². The summed E-state index contributed by atoms with van der Waals surface area (Å²) in [6, 6.07) is 4.13. The van der Waals surface area contributed by atoms with E-state index in [-0.39, 0.29) is 22.6 Å². The number of nitrogens with one attached hydrogen (secondary N) is 2. The topological polar surface area (TPSA) is 67.8 Å². The first kappa shape index (κ1) is 23.8. The van der Waals surface area contributed by atoms with Crippen molar-refractivity contribution in [2.45, 2.75) is 63.6 Å². The number of carbonyl (C=O) groups is 1. The summed E-state index contributed by atoms with van der Waals surface area (Å²) in [5.74, 6) is 0.327. The third-order valence-corrected chi connectivity index (χ3v) is 7.74. The molecule has 2 unspecified atom stereocenters. The van der Waals surface area contributed by atoms with Crippen molar-refractivity contribution in [2.24, 2.45) is 5.41 Å². The number of Topliss-reactive ketones (excluding diaryl/α,β-unsaturated/α-hetero) is 1. The monoisotopic (exact) mass is 488 g/mol. The summed E-state index contributed by atoms with van der Waals surface area (Å²) in [6.07, 6.45) is 5.27. The molecule has 9 heteroatoms. The molecular weight excluding hydrogens is 457 g/mol. The van der Waals surface area contributed by atoms with Crippen LogP contribution in [-0.4, -0.2) is 57.9 Å². The quantitative estimate of drug-likeness (QED) is 0.536. The number of halogens is 3. The van der Waals surface area contributed by atoms with Gasteiger partial charge in [0.2, 0.25) is 0 Å². The maximum atomic E-state index is 14.5. The number of benzene rings is 1. The normalized spacial score (nSPS) is 28.0. The highest BCUT2D eigenvalue weighted by Crippen LogP contribution is 2.54. The highest BCUT2D eigenvalue weighted by Gasteiger charge is 2.50. The summed E-state index contributed by atoms with van der Waals surface area (Å²) in [5.41, 5.74) is -0.706. The average molecular weight is 489 g/mol. The predicted molar refractivity (Wildman–Crippen MR) is 127 cm³/mol. The van der Waals surface area contributed by atoms with Crippen LogP contribution in [0.3, 0.4) is 0 Å². The molecule has 1 aromatic carbocycles. The van der Waals surface area contributed by atoms with Gasteiger partial charge in [0.1, 0.15) is 18.0 Å². The van der Waals surface area contributed by atoms with E-state index in [9.17, 15) is 23.1 Å². The molecule has 1 spiro atoms. The van der Waals surface area contributed by atoms with Crippen LogP contribution in [0.4, 0.5) is 18.9 Å². The van der Waals surface area contributed by atoms with Crippen molar-refractivity contribution in [3.8, 4) is 0 Å². The SMILES string of the molecule is CC(=O)c1ccccc1N[C@@H](C1=CC=CN2C1NC(N1CCC3(CC1)CC3)=CC2(C)O)C(F)(F)F. The number of hydrogen-bond acceptors (Lipinski definition) is 6. The number of alkyl halides is 3. The molecule has 1 aliphatic carbocycles. The maximum Gasteiger partial charge on any atom is 0.412 e. The number of anilines is 1. The Morgan fingerprint density at radius 1 is 1.20 bits per heavy atom. The van der Waals surface area contributed by atoms with Crippen molar-refractivity contribution in [3.05, 3.63) is 65.7 Å². The zero-order valence-electron chi connectivity index (χ0n) is 19.9. The summed E-state index contributed by atoms with van der Waals surface area (Å²) in [4.78, 5) is 15.7. The second-order valence-electron chi connectivity index (χ2n) is 10.3. The Labute approximate surface area is 203 Å². The molecule has 2 fully saturated rings. The molecule has 35 heavy (non-hydrogen) atoms. The minimum atomic E-state index is -4.65. The van der Waals surface area contributed by atoms with Crippen LogP contribution in [0, 0.1) is 5.41 Å². The zero-order chi connectivity index (χ0) is 25.0. The van der Waals surface area contributed by atoms with E-state index in [0.717, 1.165) is 25.9 Å². The first-order valence-corrected chi connectivity index (χ1v) is 12.1. The first-order chi connectivity index (χ1) is 16.5. The Kier molecular flexibility index (Phi) is 5.66. The fourth-order valence-electron chi connectivity index (χ4n) is 5.43. The van der Waals surface area contributed by atoms with Crippen LogP contribution >= 0.6 is 0 Å². The lowest BCUT2D eigenvalue weighted by Crippen LogP contribution is -2.63. The number of aliphatic hydroxyl groups is 1. The molecule has 3 heterocycles. The fraction of sp³-hybridized carbons (Fsp3) is 0.500. The molecule has 1 aromatic rings. The molecule has 0 aromatic heterocycles. The molecule has 3 aliphatic heterocycles. The summed E-state index contributed by atoms with van der Waals surface area (Å²) < 4.78 is 43.4. The van der Waals surface area contributed by atoms with Gasteiger partial charge in [-0.2, -0.15) is 13.2 Å². The molecule has 6 nitrogen and oxygen atoms in total. The smallest absolute Gasteiger partial charge is 0.370 e. The lowest BCUT2D eigenvalue weighted by molar-refractivity contribution is -0.139. The highest BCUT2D eigenvalue weighted by molar-refractivity contribution is 5.99. The molecule has 1 saturated carbocycles. The minimum Gasteiger partial charge on any atom is -0.370 e. The summed E-state index contributed by atoms with van der Waals surface area (Å²) in [7, 11) is 0. The molecule has 5 rings (SSSR count). The number of nitrogens with zero attached hydrogens (tertiary/aromatic N) is 2. The van der Waals surface area contributed by atoms with Gasteiger partial charge in [-0.05, 0) is 63.2 Å². The predicted octanol–water partition coefficient (Wildman–Crippen LogP) is 4.34. The van der Waals surface area contributed by atoms with Gasteiger partial charge in [-0.15, -0.1) is 0 Å². The standard InChI is InChI=1S/C26H31F3N4O2/c1-17(34)18-6-3-4-8-20(18)30-22(26(27,28)29)19-7-5-13-33-23(19)31-21(16-24(33,2)35)32-14-11-25(9-10-25)12-15-32/h3-8,13,16,22-23,30-31,35H,9-12,14-15H2,1-2H3/t22-,23?,24?/m0/s1. The number of allylic oxidation sites excluding steroid dienone is 2. The molecule has 0 bridgehead atoms. The Morgan fingerprint density at radius 2 is 1.89 bits per heavy atom. The number of ketones is 1. The molecular formula is C26H31F3N4O2. The van der Waals surface area contributed by atoms with Gasteiger partial charge >= 0.3 is 6.18 Å². The second kappa shape index (κ2) is 8.33. The van der Waals surface area contributed by atoms with Gasteiger partial charge in [-0.3, -0.25) is 4.79 Å². The van der Waals surface area contributed by atoms with E-state index in [1.807, 2.05) is 0 Å². The zero-order valence-corrected chi connectivity index (χ0v) is 19.9. The lowest BCUT2D eigenvalue weighted by atomic mass is 9.92. The molecule has 0 amide bonds. The van der Waals surface area contributed by atoms with Crippen molar-refractivity contribution in [3.63, 3.8) is 0 Å². The van der Waals surface area contributed by atoms with Gasteiger partial charge in [0, 0.05) is 42.2 Å². The van der Waals surface area contributed by atoms with E-state index >= 15 is 0 Å². The van der Waals surface area contributed by atoms with Crippen LogP contribution < -0.4 is 10.6 Å². The Hall–Kier alpha value is -2.94. The highest BCUT2D eigenvalue weighted by atomic mass is 19.4. The minimum absolute atomic E-state index is 0.0138. The molecule has 1 saturated heterocycles. The first-order valence-electron chi connectivity index (χ1n) is 12.1. The number of hydrogen-bond donors (Lipinski definition) is 3. The average Bonchev–Trinajstić information content (AvgIpc) is 3.55. The maximum absolute atomic E-state index is 14.5. The van der Waals surface area contributed by atoms with Crippen LogP contribution in [0.1, 0.15) is 49.9 Å². The van der Waals surface area contributed by atoms with Gasteiger partial charge in [-0.25, -0.2) is 0 Å². The third kappa shape index (κ3) is 4.53. The largest absolute Gasteiger partial charge is 0.412 e. The van der Waals surface area contributed by atoms with E-state index in [1.54, 1.807) is 31.3 Å². The molecule has 3 N–H and O–H groups in total. The van der Waals surface area contributed by atoms with Gasteiger partial charge in [0.15, 0.2) is 11.5 Å². The van der Waals surface area contributed by atoms with Crippen LogP contribution in [0.5, 0.6) is 0 Å². The third-order valence-electron chi connectivity index (χ3n) is 7.74. The number of para-hydroxylation sites is 1. The van der Waals surface area contributed by atoms with E-state index in [0.29, 0.717) is 11.2 Å².